The molecule has 0 spiro atoms. The second-order valence-electron chi connectivity index (χ2n) is 3.84. The molecule has 5 nitrogen and oxygen atoms in total. The van der Waals surface area contributed by atoms with Gasteiger partial charge in [0.05, 0.1) is 5.92 Å². The van der Waals surface area contributed by atoms with Gasteiger partial charge in [-0.3, -0.25) is 0 Å². The van der Waals surface area contributed by atoms with E-state index in [0.29, 0.717) is 18.9 Å². The topological polar surface area (TPSA) is 68.2 Å². The Labute approximate surface area is 83.3 Å². The van der Waals surface area contributed by atoms with Gasteiger partial charge in [0, 0.05) is 13.0 Å². The molecular weight excluding hydrogens is 180 g/mol. The van der Waals surface area contributed by atoms with Gasteiger partial charge < -0.3 is 15.2 Å². The second kappa shape index (κ2) is 4.06. The SMILES string of the molecule is CN1CCC(c2nc(CCN)no2)C1. The van der Waals surface area contributed by atoms with Gasteiger partial charge in [0.25, 0.3) is 0 Å². The predicted octanol–water partition coefficient (Wildman–Crippen LogP) is -0.0101. The summed E-state index contributed by atoms with van der Waals surface area (Å²) in [7, 11) is 2.11. The lowest BCUT2D eigenvalue weighted by atomic mass is 10.1. The van der Waals surface area contributed by atoms with Crippen LogP contribution in [0, 0.1) is 0 Å². The molecule has 0 aromatic carbocycles. The third-order valence-corrected chi connectivity index (χ3v) is 2.59. The van der Waals surface area contributed by atoms with Crippen LogP contribution in [-0.4, -0.2) is 41.7 Å². The molecule has 78 valence electrons. The van der Waals surface area contributed by atoms with Crippen molar-refractivity contribution in [1.29, 1.82) is 0 Å². The number of hydrogen-bond acceptors (Lipinski definition) is 5. The average molecular weight is 196 g/mol. The van der Waals surface area contributed by atoms with E-state index in [-0.39, 0.29) is 0 Å². The van der Waals surface area contributed by atoms with Crippen molar-refractivity contribution in [3.8, 4) is 0 Å². The van der Waals surface area contributed by atoms with E-state index >= 15 is 0 Å². The Morgan fingerprint density at radius 2 is 2.50 bits per heavy atom. The predicted molar refractivity (Wildman–Crippen MR) is 51.9 cm³/mol. The summed E-state index contributed by atoms with van der Waals surface area (Å²) in [6, 6.07) is 0. The fourth-order valence-electron chi connectivity index (χ4n) is 1.80. The minimum Gasteiger partial charge on any atom is -0.339 e. The number of hydrogen-bond donors (Lipinski definition) is 1. The second-order valence-corrected chi connectivity index (χ2v) is 3.84. The highest BCUT2D eigenvalue weighted by molar-refractivity contribution is 4.98. The average Bonchev–Trinajstić information content (AvgIpc) is 2.74. The van der Waals surface area contributed by atoms with Gasteiger partial charge in [-0.2, -0.15) is 4.98 Å². The molecule has 1 unspecified atom stereocenters. The van der Waals surface area contributed by atoms with Crippen LogP contribution in [0.2, 0.25) is 0 Å². The maximum Gasteiger partial charge on any atom is 0.231 e. The maximum atomic E-state index is 5.42. The van der Waals surface area contributed by atoms with Crippen LogP contribution in [0.5, 0.6) is 0 Å². The molecule has 0 aliphatic carbocycles. The number of likely N-dealkylation sites (tertiary alicyclic amines) is 1. The Bertz CT molecular complexity index is 299. The first kappa shape index (κ1) is 9.61. The molecule has 1 aromatic heterocycles. The largest absolute Gasteiger partial charge is 0.339 e. The molecule has 1 aromatic rings. The summed E-state index contributed by atoms with van der Waals surface area (Å²) in [5.74, 6) is 1.92. The molecule has 5 heteroatoms. The summed E-state index contributed by atoms with van der Waals surface area (Å²) < 4.78 is 5.21. The summed E-state index contributed by atoms with van der Waals surface area (Å²) >= 11 is 0. The molecule has 1 saturated heterocycles. The van der Waals surface area contributed by atoms with Crippen LogP contribution in [0.4, 0.5) is 0 Å². The van der Waals surface area contributed by atoms with Crippen LogP contribution in [-0.2, 0) is 6.42 Å². The minimum absolute atomic E-state index is 0.416. The van der Waals surface area contributed by atoms with Crippen molar-refractivity contribution in [3.63, 3.8) is 0 Å². The Hall–Kier alpha value is -0.940. The Morgan fingerprint density at radius 1 is 1.64 bits per heavy atom. The third kappa shape index (κ3) is 1.93. The van der Waals surface area contributed by atoms with Crippen molar-refractivity contribution in [2.45, 2.75) is 18.8 Å². The van der Waals surface area contributed by atoms with Gasteiger partial charge in [-0.25, -0.2) is 0 Å². The summed E-state index contributed by atoms with van der Waals surface area (Å²) in [5.41, 5.74) is 5.42. The van der Waals surface area contributed by atoms with Crippen molar-refractivity contribution in [2.75, 3.05) is 26.7 Å². The van der Waals surface area contributed by atoms with Gasteiger partial charge in [0.15, 0.2) is 5.82 Å². The van der Waals surface area contributed by atoms with Gasteiger partial charge >= 0.3 is 0 Å². The number of aromatic nitrogens is 2. The lowest BCUT2D eigenvalue weighted by Crippen LogP contribution is -2.13. The zero-order valence-electron chi connectivity index (χ0n) is 8.44. The van der Waals surface area contributed by atoms with E-state index < -0.39 is 0 Å². The highest BCUT2D eigenvalue weighted by Crippen LogP contribution is 2.24. The minimum atomic E-state index is 0.416. The van der Waals surface area contributed by atoms with E-state index in [2.05, 4.69) is 22.1 Å². The van der Waals surface area contributed by atoms with Gasteiger partial charge in [-0.05, 0) is 26.6 Å². The maximum absolute atomic E-state index is 5.42. The normalized spacial score (nSPS) is 23.1. The molecule has 1 atom stereocenters. The molecule has 0 radical (unpaired) electrons. The molecule has 14 heavy (non-hydrogen) atoms. The Morgan fingerprint density at radius 3 is 3.14 bits per heavy atom. The number of rotatable bonds is 3. The van der Waals surface area contributed by atoms with Crippen molar-refractivity contribution >= 4 is 0 Å². The molecule has 1 aliphatic heterocycles. The smallest absolute Gasteiger partial charge is 0.231 e. The van der Waals surface area contributed by atoms with Gasteiger partial charge in [-0.1, -0.05) is 5.16 Å². The van der Waals surface area contributed by atoms with Crippen molar-refractivity contribution in [2.24, 2.45) is 5.73 Å². The first-order valence-electron chi connectivity index (χ1n) is 5.00. The molecule has 0 saturated carbocycles. The van der Waals surface area contributed by atoms with Crippen LogP contribution in [0.25, 0.3) is 0 Å². The van der Waals surface area contributed by atoms with Gasteiger partial charge in [-0.15, -0.1) is 0 Å². The van der Waals surface area contributed by atoms with E-state index in [0.717, 1.165) is 31.2 Å². The number of nitrogens with two attached hydrogens (primary N) is 1. The quantitative estimate of drug-likeness (QED) is 0.736. The molecule has 2 heterocycles. The summed E-state index contributed by atoms with van der Waals surface area (Å²) in [5, 5.41) is 3.89. The zero-order chi connectivity index (χ0) is 9.97. The molecule has 2 N–H and O–H groups in total. The first-order chi connectivity index (χ1) is 6.79. The third-order valence-electron chi connectivity index (χ3n) is 2.59. The van der Waals surface area contributed by atoms with Crippen LogP contribution in [0.15, 0.2) is 4.52 Å². The lowest BCUT2D eigenvalue weighted by molar-refractivity contribution is 0.341. The Kier molecular flexibility index (Phi) is 2.79. The van der Waals surface area contributed by atoms with Gasteiger partial charge in [0.2, 0.25) is 5.89 Å². The van der Waals surface area contributed by atoms with Crippen molar-refractivity contribution < 1.29 is 4.52 Å². The number of nitrogens with zero attached hydrogens (tertiary/aromatic N) is 3. The molecule has 1 aliphatic rings. The highest BCUT2D eigenvalue weighted by Gasteiger charge is 2.25. The fourth-order valence-corrected chi connectivity index (χ4v) is 1.80. The van der Waals surface area contributed by atoms with Crippen LogP contribution >= 0.6 is 0 Å². The van der Waals surface area contributed by atoms with Crippen LogP contribution in [0.1, 0.15) is 24.1 Å². The molecule has 0 bridgehead atoms. The van der Waals surface area contributed by atoms with Crippen LogP contribution < -0.4 is 5.73 Å². The fraction of sp³-hybridized carbons (Fsp3) is 0.778. The van der Waals surface area contributed by atoms with E-state index in [1.807, 2.05) is 0 Å². The molecule has 0 amide bonds. The zero-order valence-corrected chi connectivity index (χ0v) is 8.44. The van der Waals surface area contributed by atoms with E-state index in [4.69, 9.17) is 10.3 Å². The Balaban J connectivity index is 2.02. The highest BCUT2D eigenvalue weighted by atomic mass is 16.5. The summed E-state index contributed by atoms with van der Waals surface area (Å²) in [6.07, 6.45) is 1.81. The van der Waals surface area contributed by atoms with E-state index in [1.54, 1.807) is 0 Å². The lowest BCUT2D eigenvalue weighted by Gasteiger charge is -2.04. The summed E-state index contributed by atoms with van der Waals surface area (Å²) in [4.78, 5) is 6.61. The van der Waals surface area contributed by atoms with E-state index in [9.17, 15) is 0 Å². The van der Waals surface area contributed by atoms with Crippen LogP contribution in [0.3, 0.4) is 0 Å². The molecular formula is C9H16N4O. The number of likely N-dealkylation sites (N-methyl/N-ethyl adjacent to an activating group) is 1. The van der Waals surface area contributed by atoms with Gasteiger partial charge in [0.1, 0.15) is 0 Å². The molecule has 1 fully saturated rings. The van der Waals surface area contributed by atoms with Crippen molar-refractivity contribution in [3.05, 3.63) is 11.7 Å². The molecule has 2 rings (SSSR count). The van der Waals surface area contributed by atoms with Crippen molar-refractivity contribution in [1.82, 2.24) is 15.0 Å². The standard InChI is InChI=1S/C9H16N4O/c1-13-5-3-7(6-13)9-11-8(2-4-10)12-14-9/h7H,2-6,10H2,1H3. The monoisotopic (exact) mass is 196 g/mol. The first-order valence-corrected chi connectivity index (χ1v) is 5.00. The summed E-state index contributed by atoms with van der Waals surface area (Å²) in [6.45, 7) is 2.70. The van der Waals surface area contributed by atoms with E-state index in [1.165, 1.54) is 0 Å².